The molecule has 102 valence electrons. The lowest BCUT2D eigenvalue weighted by Gasteiger charge is -2.25. The largest absolute Gasteiger partial charge is 0.481 e. The van der Waals surface area contributed by atoms with Crippen LogP contribution >= 0.6 is 0 Å². The van der Waals surface area contributed by atoms with Gasteiger partial charge in [0.1, 0.15) is 0 Å². The van der Waals surface area contributed by atoms with Crippen molar-refractivity contribution in [2.24, 2.45) is 10.8 Å². The van der Waals surface area contributed by atoms with Crippen LogP contribution in [0.15, 0.2) is 0 Å². The van der Waals surface area contributed by atoms with Crippen LogP contribution in [0.1, 0.15) is 46.5 Å². The molecule has 1 atom stereocenters. The molecule has 1 N–H and O–H groups in total. The zero-order valence-corrected chi connectivity index (χ0v) is 11.7. The number of carbonyl (C=O) groups is 1. The van der Waals surface area contributed by atoms with Crippen LogP contribution in [0.4, 0.5) is 0 Å². The molecule has 4 heteroatoms. The quantitative estimate of drug-likeness (QED) is 0.789. The van der Waals surface area contributed by atoms with Crippen molar-refractivity contribution >= 4 is 5.97 Å². The van der Waals surface area contributed by atoms with Gasteiger partial charge in [0.15, 0.2) is 0 Å². The van der Waals surface area contributed by atoms with E-state index >= 15 is 0 Å². The average Bonchev–Trinajstić information content (AvgIpc) is 2.72. The minimum absolute atomic E-state index is 0.320. The Morgan fingerprint density at radius 2 is 2.22 bits per heavy atom. The van der Waals surface area contributed by atoms with Crippen molar-refractivity contribution in [3.8, 4) is 6.07 Å². The van der Waals surface area contributed by atoms with Crippen molar-refractivity contribution in [1.82, 2.24) is 4.90 Å². The van der Waals surface area contributed by atoms with Gasteiger partial charge in [-0.1, -0.05) is 13.3 Å². The second-order valence-corrected chi connectivity index (χ2v) is 6.11. The molecule has 0 bridgehead atoms. The Kier molecular flexibility index (Phi) is 4.75. The molecular formula is C14H24N2O2. The van der Waals surface area contributed by atoms with Gasteiger partial charge in [0.25, 0.3) is 0 Å². The molecule has 1 heterocycles. The first-order valence-electron chi connectivity index (χ1n) is 6.72. The Morgan fingerprint density at radius 1 is 1.56 bits per heavy atom. The molecule has 1 saturated heterocycles. The standard InChI is InChI=1S/C14H24N2O2/c1-4-5-14(12(17)18)7-9-16(11-14)8-6-13(2,3)10-15/h4-9,11H2,1-3H3,(H,17,18). The van der Waals surface area contributed by atoms with Crippen molar-refractivity contribution in [2.45, 2.75) is 46.5 Å². The van der Waals surface area contributed by atoms with Crippen molar-refractivity contribution in [3.63, 3.8) is 0 Å². The van der Waals surface area contributed by atoms with Gasteiger partial charge in [-0.3, -0.25) is 4.79 Å². The number of nitriles is 1. The summed E-state index contributed by atoms with van der Waals surface area (Å²) in [6.07, 6.45) is 3.19. The van der Waals surface area contributed by atoms with Crippen LogP contribution < -0.4 is 0 Å². The van der Waals surface area contributed by atoms with Gasteiger partial charge in [0.2, 0.25) is 0 Å². The van der Waals surface area contributed by atoms with Crippen LogP contribution in [0.3, 0.4) is 0 Å². The van der Waals surface area contributed by atoms with Gasteiger partial charge in [-0.2, -0.15) is 5.26 Å². The number of rotatable bonds is 6. The summed E-state index contributed by atoms with van der Waals surface area (Å²) in [7, 11) is 0. The number of aliphatic carboxylic acids is 1. The third-order valence-electron chi connectivity index (χ3n) is 3.97. The molecule has 0 spiro atoms. The van der Waals surface area contributed by atoms with Gasteiger partial charge in [-0.05, 0) is 46.2 Å². The van der Waals surface area contributed by atoms with E-state index in [9.17, 15) is 9.90 Å². The number of likely N-dealkylation sites (tertiary alicyclic amines) is 1. The third-order valence-corrected chi connectivity index (χ3v) is 3.97. The second kappa shape index (κ2) is 5.71. The predicted molar refractivity (Wildman–Crippen MR) is 70.0 cm³/mol. The van der Waals surface area contributed by atoms with Crippen LogP contribution in [0.5, 0.6) is 0 Å². The molecule has 18 heavy (non-hydrogen) atoms. The lowest BCUT2D eigenvalue weighted by molar-refractivity contribution is -0.148. The highest BCUT2D eigenvalue weighted by Crippen LogP contribution is 2.36. The van der Waals surface area contributed by atoms with E-state index in [-0.39, 0.29) is 5.41 Å². The molecule has 4 nitrogen and oxygen atoms in total. The molecular weight excluding hydrogens is 228 g/mol. The Bertz CT molecular complexity index is 346. The zero-order chi connectivity index (χ0) is 13.8. The van der Waals surface area contributed by atoms with Crippen molar-refractivity contribution in [2.75, 3.05) is 19.6 Å². The highest BCUT2D eigenvalue weighted by molar-refractivity contribution is 5.75. The summed E-state index contributed by atoms with van der Waals surface area (Å²) in [6.45, 7) is 8.19. The lowest BCUT2D eigenvalue weighted by Crippen LogP contribution is -2.35. The normalized spacial score (nSPS) is 25.0. The Morgan fingerprint density at radius 3 is 2.72 bits per heavy atom. The molecule has 0 aliphatic carbocycles. The fraction of sp³-hybridized carbons (Fsp3) is 0.857. The van der Waals surface area contributed by atoms with E-state index in [4.69, 9.17) is 5.26 Å². The third kappa shape index (κ3) is 3.46. The first kappa shape index (κ1) is 15.0. The van der Waals surface area contributed by atoms with Crippen molar-refractivity contribution in [3.05, 3.63) is 0 Å². The molecule has 0 aromatic heterocycles. The molecule has 0 amide bonds. The molecule has 0 aromatic carbocycles. The highest BCUT2D eigenvalue weighted by atomic mass is 16.4. The molecule has 1 rings (SSSR count). The van der Waals surface area contributed by atoms with Gasteiger partial charge >= 0.3 is 5.97 Å². The summed E-state index contributed by atoms with van der Waals surface area (Å²) in [5.41, 5.74) is -0.870. The van der Waals surface area contributed by atoms with Crippen LogP contribution in [-0.2, 0) is 4.79 Å². The summed E-state index contributed by atoms with van der Waals surface area (Å²) < 4.78 is 0. The number of carboxylic acids is 1. The van der Waals surface area contributed by atoms with Gasteiger partial charge in [-0.25, -0.2) is 0 Å². The van der Waals surface area contributed by atoms with Gasteiger partial charge in [0, 0.05) is 6.54 Å². The summed E-state index contributed by atoms with van der Waals surface area (Å²) >= 11 is 0. The van der Waals surface area contributed by atoms with E-state index in [1.54, 1.807) is 0 Å². The number of nitrogens with zero attached hydrogens (tertiary/aromatic N) is 2. The second-order valence-electron chi connectivity index (χ2n) is 6.11. The Balaban J connectivity index is 2.55. The molecule has 1 aliphatic heterocycles. The lowest BCUT2D eigenvalue weighted by atomic mass is 9.82. The van der Waals surface area contributed by atoms with E-state index in [0.29, 0.717) is 6.54 Å². The first-order chi connectivity index (χ1) is 8.35. The Hall–Kier alpha value is -1.08. The highest BCUT2D eigenvalue weighted by Gasteiger charge is 2.43. The predicted octanol–water partition coefficient (Wildman–Crippen LogP) is 2.50. The van der Waals surface area contributed by atoms with E-state index in [2.05, 4.69) is 11.0 Å². The minimum atomic E-state index is -0.661. The SMILES string of the molecule is CCCC1(C(=O)O)CCN(CCC(C)(C)C#N)C1. The van der Waals surface area contributed by atoms with Gasteiger partial charge in [0.05, 0.1) is 16.9 Å². The summed E-state index contributed by atoms with van der Waals surface area (Å²) in [5.74, 6) is -0.661. The van der Waals surface area contributed by atoms with Crippen LogP contribution in [0.2, 0.25) is 0 Å². The molecule has 1 unspecified atom stereocenters. The summed E-state index contributed by atoms with van der Waals surface area (Å²) in [4.78, 5) is 13.6. The van der Waals surface area contributed by atoms with Crippen LogP contribution in [0.25, 0.3) is 0 Å². The maximum absolute atomic E-state index is 11.4. The fourth-order valence-electron chi connectivity index (χ4n) is 2.61. The molecule has 1 fully saturated rings. The van der Waals surface area contributed by atoms with E-state index in [1.165, 1.54) is 0 Å². The monoisotopic (exact) mass is 252 g/mol. The van der Waals surface area contributed by atoms with Crippen LogP contribution in [-0.4, -0.2) is 35.6 Å². The van der Waals surface area contributed by atoms with E-state index < -0.39 is 11.4 Å². The number of carboxylic acid groups (broad SMARTS) is 1. The molecule has 1 aliphatic rings. The molecule has 0 saturated carbocycles. The zero-order valence-electron chi connectivity index (χ0n) is 11.7. The summed E-state index contributed by atoms with van der Waals surface area (Å²) in [5, 5.41) is 18.4. The maximum atomic E-state index is 11.4. The molecule has 0 aromatic rings. The summed E-state index contributed by atoms with van der Waals surface area (Å²) in [6, 6.07) is 2.29. The van der Waals surface area contributed by atoms with Gasteiger partial charge in [-0.15, -0.1) is 0 Å². The maximum Gasteiger partial charge on any atom is 0.310 e. The van der Waals surface area contributed by atoms with Gasteiger partial charge < -0.3 is 10.0 Å². The fourth-order valence-corrected chi connectivity index (χ4v) is 2.61. The van der Waals surface area contributed by atoms with Crippen molar-refractivity contribution in [1.29, 1.82) is 5.26 Å². The first-order valence-corrected chi connectivity index (χ1v) is 6.72. The minimum Gasteiger partial charge on any atom is -0.481 e. The number of hydrogen-bond donors (Lipinski definition) is 1. The smallest absolute Gasteiger partial charge is 0.310 e. The Labute approximate surface area is 110 Å². The topological polar surface area (TPSA) is 64.3 Å². The average molecular weight is 252 g/mol. The van der Waals surface area contributed by atoms with E-state index in [0.717, 1.165) is 38.8 Å². The number of hydrogen-bond acceptors (Lipinski definition) is 3. The van der Waals surface area contributed by atoms with Crippen molar-refractivity contribution < 1.29 is 9.90 Å². The van der Waals surface area contributed by atoms with E-state index in [1.807, 2.05) is 20.8 Å². The van der Waals surface area contributed by atoms with Crippen LogP contribution in [0, 0.1) is 22.2 Å². The molecule has 0 radical (unpaired) electrons.